The summed E-state index contributed by atoms with van der Waals surface area (Å²) in [7, 11) is 0. The molecular formula is C28H40N6O4. The van der Waals surface area contributed by atoms with Crippen molar-refractivity contribution >= 4 is 17.6 Å². The van der Waals surface area contributed by atoms with Gasteiger partial charge in [-0.15, -0.1) is 0 Å². The Morgan fingerprint density at radius 2 is 1.68 bits per heavy atom. The molecule has 2 N–H and O–H groups in total. The van der Waals surface area contributed by atoms with Crippen LogP contribution in [0.15, 0.2) is 47.5 Å². The molecule has 0 atom stereocenters. The zero-order valence-electron chi connectivity index (χ0n) is 22.3. The Hall–Kier alpha value is -3.24. The molecule has 2 aliphatic rings. The standard InChI is InChI=1S/C28H40N6O4/c1-2-25(35)33-18-16-31(17-19-33)15-12-29-24-20-27(37)34(22-30-24)21-28(38)10-13-32(14-11-28)26(36)9-8-23-6-4-3-5-7-23/h3-7,20,22,29,38H,2,8-19,21H2,1H3. The van der Waals surface area contributed by atoms with Gasteiger partial charge in [0.05, 0.1) is 18.5 Å². The molecule has 2 fully saturated rings. The van der Waals surface area contributed by atoms with Gasteiger partial charge in [0.25, 0.3) is 5.56 Å². The van der Waals surface area contributed by atoms with Crippen molar-refractivity contribution in [2.45, 2.75) is 51.2 Å². The number of nitrogens with zero attached hydrogens (tertiary/aromatic N) is 5. The second kappa shape index (κ2) is 13.0. The zero-order valence-corrected chi connectivity index (χ0v) is 22.3. The maximum Gasteiger partial charge on any atom is 0.255 e. The summed E-state index contributed by atoms with van der Waals surface area (Å²) in [6.07, 6.45) is 4.04. The van der Waals surface area contributed by atoms with Crippen molar-refractivity contribution in [3.63, 3.8) is 0 Å². The van der Waals surface area contributed by atoms with Crippen LogP contribution in [0.25, 0.3) is 0 Å². The number of hydrogen-bond donors (Lipinski definition) is 2. The average Bonchev–Trinajstić information content (AvgIpc) is 2.94. The fraction of sp³-hybridized carbons (Fsp3) is 0.571. The van der Waals surface area contributed by atoms with Crippen molar-refractivity contribution in [3.05, 3.63) is 58.6 Å². The van der Waals surface area contributed by atoms with Crippen LogP contribution in [0.4, 0.5) is 5.82 Å². The summed E-state index contributed by atoms with van der Waals surface area (Å²) in [6.45, 7) is 7.65. The van der Waals surface area contributed by atoms with Gasteiger partial charge in [0.15, 0.2) is 0 Å². The molecule has 1 aromatic carbocycles. The Kier molecular flexibility index (Phi) is 9.52. The molecule has 2 aromatic rings. The van der Waals surface area contributed by atoms with Gasteiger partial charge in [-0.1, -0.05) is 37.3 Å². The molecule has 1 aromatic heterocycles. The van der Waals surface area contributed by atoms with Crippen molar-refractivity contribution in [2.75, 3.05) is 57.7 Å². The van der Waals surface area contributed by atoms with E-state index in [2.05, 4.69) is 15.2 Å². The molecule has 0 aliphatic carbocycles. The fourth-order valence-corrected chi connectivity index (χ4v) is 5.13. The Bertz CT molecular complexity index is 1120. The lowest BCUT2D eigenvalue weighted by atomic mass is 9.91. The minimum absolute atomic E-state index is 0.0986. The molecule has 2 aliphatic heterocycles. The molecule has 0 saturated carbocycles. The molecule has 10 nitrogen and oxygen atoms in total. The molecule has 2 saturated heterocycles. The van der Waals surface area contributed by atoms with Gasteiger partial charge >= 0.3 is 0 Å². The predicted octanol–water partition coefficient (Wildman–Crippen LogP) is 1.20. The van der Waals surface area contributed by atoms with E-state index >= 15 is 0 Å². The van der Waals surface area contributed by atoms with Crippen LogP contribution in [-0.4, -0.2) is 99.1 Å². The van der Waals surface area contributed by atoms with Gasteiger partial charge in [0, 0.05) is 71.3 Å². The van der Waals surface area contributed by atoms with Crippen LogP contribution < -0.4 is 10.9 Å². The average molecular weight is 525 g/mol. The van der Waals surface area contributed by atoms with Gasteiger partial charge in [-0.3, -0.25) is 23.9 Å². The third-order valence-corrected chi connectivity index (χ3v) is 7.62. The number of nitrogens with one attached hydrogen (secondary N) is 1. The zero-order chi connectivity index (χ0) is 27.0. The summed E-state index contributed by atoms with van der Waals surface area (Å²) in [5.41, 5.74) is -0.121. The highest BCUT2D eigenvalue weighted by atomic mass is 16.3. The van der Waals surface area contributed by atoms with E-state index in [1.807, 2.05) is 47.1 Å². The second-order valence-electron chi connectivity index (χ2n) is 10.3. The summed E-state index contributed by atoms with van der Waals surface area (Å²) >= 11 is 0. The lowest BCUT2D eigenvalue weighted by Crippen LogP contribution is -2.49. The number of amides is 2. The number of piperazine rings is 1. The summed E-state index contributed by atoms with van der Waals surface area (Å²) in [5.74, 6) is 0.813. The first kappa shape index (κ1) is 27.8. The highest BCUT2D eigenvalue weighted by Crippen LogP contribution is 2.24. The van der Waals surface area contributed by atoms with Crippen LogP contribution >= 0.6 is 0 Å². The molecule has 0 radical (unpaired) electrons. The maximum absolute atomic E-state index is 12.7. The third kappa shape index (κ3) is 7.64. The predicted molar refractivity (Wildman–Crippen MR) is 146 cm³/mol. The number of carbonyl (C=O) groups is 2. The quantitative estimate of drug-likeness (QED) is 0.480. The molecule has 0 spiro atoms. The lowest BCUT2D eigenvalue weighted by molar-refractivity contribution is -0.136. The van der Waals surface area contributed by atoms with Gasteiger partial charge in [-0.25, -0.2) is 4.98 Å². The minimum atomic E-state index is -1.04. The van der Waals surface area contributed by atoms with E-state index in [0.717, 1.165) is 38.3 Å². The molecule has 0 bridgehead atoms. The maximum atomic E-state index is 12.7. The number of anilines is 1. The molecule has 38 heavy (non-hydrogen) atoms. The number of benzene rings is 1. The van der Waals surface area contributed by atoms with Gasteiger partial charge in [-0.05, 0) is 24.8 Å². The number of rotatable bonds is 10. The Morgan fingerprint density at radius 3 is 2.34 bits per heavy atom. The van der Waals surface area contributed by atoms with E-state index in [9.17, 15) is 19.5 Å². The highest BCUT2D eigenvalue weighted by molar-refractivity contribution is 5.76. The number of aromatic nitrogens is 2. The minimum Gasteiger partial charge on any atom is -0.388 e. The first-order valence-electron chi connectivity index (χ1n) is 13.7. The van der Waals surface area contributed by atoms with Crippen LogP contribution in [-0.2, 0) is 22.6 Å². The van der Waals surface area contributed by atoms with E-state index in [1.54, 1.807) is 0 Å². The summed E-state index contributed by atoms with van der Waals surface area (Å²) in [6, 6.07) is 11.4. The van der Waals surface area contributed by atoms with Gasteiger partial charge in [0.1, 0.15) is 5.82 Å². The Labute approximate surface area is 224 Å². The van der Waals surface area contributed by atoms with Gasteiger partial charge in [-0.2, -0.15) is 0 Å². The van der Waals surface area contributed by atoms with E-state index in [4.69, 9.17) is 0 Å². The van der Waals surface area contributed by atoms with E-state index in [1.165, 1.54) is 17.0 Å². The number of carbonyl (C=O) groups excluding carboxylic acids is 2. The summed E-state index contributed by atoms with van der Waals surface area (Å²) in [5, 5.41) is 14.3. The van der Waals surface area contributed by atoms with Crippen molar-refractivity contribution in [3.8, 4) is 0 Å². The number of piperidine rings is 1. The summed E-state index contributed by atoms with van der Waals surface area (Å²) in [4.78, 5) is 47.5. The Morgan fingerprint density at radius 1 is 1.00 bits per heavy atom. The molecule has 0 unspecified atom stereocenters. The number of likely N-dealkylation sites (tertiary alicyclic amines) is 1. The fourth-order valence-electron chi connectivity index (χ4n) is 5.13. The normalized spacial score (nSPS) is 17.8. The monoisotopic (exact) mass is 524 g/mol. The van der Waals surface area contributed by atoms with E-state index in [-0.39, 0.29) is 23.9 Å². The van der Waals surface area contributed by atoms with Crippen molar-refractivity contribution < 1.29 is 14.7 Å². The SMILES string of the molecule is CCC(=O)N1CCN(CCNc2cc(=O)n(CC3(O)CCN(C(=O)CCc4ccccc4)CC3)cn2)CC1. The molecule has 10 heteroatoms. The van der Waals surface area contributed by atoms with Crippen molar-refractivity contribution in [2.24, 2.45) is 0 Å². The van der Waals surface area contributed by atoms with E-state index < -0.39 is 5.60 Å². The molecule has 206 valence electrons. The first-order chi connectivity index (χ1) is 18.3. The second-order valence-corrected chi connectivity index (χ2v) is 10.3. The van der Waals surface area contributed by atoms with Crippen LogP contribution in [0, 0.1) is 0 Å². The topological polar surface area (TPSA) is 111 Å². The van der Waals surface area contributed by atoms with Crippen LogP contribution in [0.2, 0.25) is 0 Å². The smallest absolute Gasteiger partial charge is 0.255 e. The molecular weight excluding hydrogens is 484 g/mol. The molecule has 3 heterocycles. The number of aryl methyl sites for hydroxylation is 1. The van der Waals surface area contributed by atoms with Crippen molar-refractivity contribution in [1.82, 2.24) is 24.3 Å². The van der Waals surface area contributed by atoms with Crippen LogP contribution in [0.3, 0.4) is 0 Å². The molecule has 2 amide bonds. The lowest BCUT2D eigenvalue weighted by Gasteiger charge is -2.38. The van der Waals surface area contributed by atoms with Crippen LogP contribution in [0.1, 0.15) is 38.2 Å². The van der Waals surface area contributed by atoms with E-state index in [0.29, 0.717) is 57.6 Å². The van der Waals surface area contributed by atoms with Gasteiger partial charge in [0.2, 0.25) is 11.8 Å². The number of hydrogen-bond acceptors (Lipinski definition) is 7. The Balaban J connectivity index is 1.19. The van der Waals surface area contributed by atoms with Gasteiger partial charge < -0.3 is 20.2 Å². The van der Waals surface area contributed by atoms with Crippen LogP contribution in [0.5, 0.6) is 0 Å². The van der Waals surface area contributed by atoms with Crippen molar-refractivity contribution in [1.29, 1.82) is 0 Å². The summed E-state index contributed by atoms with van der Waals surface area (Å²) < 4.78 is 1.45. The first-order valence-corrected chi connectivity index (χ1v) is 13.7. The number of aliphatic hydroxyl groups is 1. The largest absolute Gasteiger partial charge is 0.388 e. The molecule has 4 rings (SSSR count). The highest BCUT2D eigenvalue weighted by Gasteiger charge is 2.34. The third-order valence-electron chi connectivity index (χ3n) is 7.62.